The van der Waals surface area contributed by atoms with Crippen LogP contribution in [0.3, 0.4) is 0 Å². The van der Waals surface area contributed by atoms with Gasteiger partial charge in [-0.15, -0.1) is 0 Å². The summed E-state index contributed by atoms with van der Waals surface area (Å²) in [6.07, 6.45) is 9.57. The van der Waals surface area contributed by atoms with Gasteiger partial charge in [-0.2, -0.15) is 0 Å². The zero-order chi connectivity index (χ0) is 21.8. The van der Waals surface area contributed by atoms with E-state index in [4.69, 9.17) is 0 Å². The van der Waals surface area contributed by atoms with Crippen LogP contribution in [0.4, 0.5) is 5.69 Å². The van der Waals surface area contributed by atoms with Gasteiger partial charge in [0.05, 0.1) is 11.9 Å². The summed E-state index contributed by atoms with van der Waals surface area (Å²) in [5.41, 5.74) is 4.01. The van der Waals surface area contributed by atoms with Gasteiger partial charge in [-0.05, 0) is 65.9 Å². The van der Waals surface area contributed by atoms with Crippen LogP contribution in [0.2, 0.25) is 0 Å². The topological polar surface area (TPSA) is 83.5 Å². The number of aromatic nitrogens is 2. The number of amides is 1. The zero-order valence-electron chi connectivity index (χ0n) is 17.3. The standard InChI is InChI=1S/C23H24N4O3S/c1-31(29,30)27-13-3-5-20-14-21(6-7-22(20)27)23(28)26(16-18-8-11-24-12-9-18)17-19-4-2-10-25-15-19/h2,4,6-12,14-15H,3,5,13,16-17H2,1H3. The molecule has 1 aliphatic rings. The Morgan fingerprint density at radius 3 is 2.52 bits per heavy atom. The normalized spacial score (nSPS) is 13.5. The fraction of sp³-hybridized carbons (Fsp3) is 0.261. The summed E-state index contributed by atoms with van der Waals surface area (Å²) >= 11 is 0. The molecule has 160 valence electrons. The predicted molar refractivity (Wildman–Crippen MR) is 119 cm³/mol. The number of rotatable bonds is 6. The molecule has 3 aromatic rings. The van der Waals surface area contributed by atoms with E-state index in [1.54, 1.807) is 41.8 Å². The SMILES string of the molecule is CS(=O)(=O)N1CCCc2cc(C(=O)N(Cc3ccncc3)Cc3cccnc3)ccc21. The number of hydrogen-bond acceptors (Lipinski definition) is 5. The van der Waals surface area contributed by atoms with E-state index >= 15 is 0 Å². The van der Waals surface area contributed by atoms with Crippen molar-refractivity contribution in [3.05, 3.63) is 89.5 Å². The molecule has 1 amide bonds. The maximum atomic E-state index is 13.5. The lowest BCUT2D eigenvalue weighted by atomic mass is 10.00. The fourth-order valence-corrected chi connectivity index (χ4v) is 4.84. The predicted octanol–water partition coefficient (Wildman–Crippen LogP) is 3.03. The third-order valence-corrected chi connectivity index (χ3v) is 6.49. The van der Waals surface area contributed by atoms with Crippen LogP contribution in [0, 0.1) is 0 Å². The van der Waals surface area contributed by atoms with Gasteiger partial charge in [0.25, 0.3) is 5.91 Å². The number of aryl methyl sites for hydroxylation is 1. The van der Waals surface area contributed by atoms with Crippen LogP contribution in [0.5, 0.6) is 0 Å². The second-order valence-corrected chi connectivity index (χ2v) is 9.57. The summed E-state index contributed by atoms with van der Waals surface area (Å²) in [6.45, 7) is 1.32. The van der Waals surface area contributed by atoms with E-state index in [-0.39, 0.29) is 5.91 Å². The first kappa shape index (κ1) is 21.0. The van der Waals surface area contributed by atoms with Gasteiger partial charge in [-0.25, -0.2) is 8.42 Å². The average molecular weight is 437 g/mol. The van der Waals surface area contributed by atoms with Crippen molar-refractivity contribution in [2.24, 2.45) is 0 Å². The lowest BCUT2D eigenvalue weighted by Gasteiger charge is -2.30. The van der Waals surface area contributed by atoms with E-state index in [9.17, 15) is 13.2 Å². The highest BCUT2D eigenvalue weighted by Crippen LogP contribution is 2.30. The third-order valence-electron chi connectivity index (χ3n) is 5.31. The minimum atomic E-state index is -3.34. The summed E-state index contributed by atoms with van der Waals surface area (Å²) in [7, 11) is -3.34. The van der Waals surface area contributed by atoms with Crippen LogP contribution in [0.15, 0.2) is 67.3 Å². The lowest BCUT2D eigenvalue weighted by Crippen LogP contribution is -2.35. The number of benzene rings is 1. The van der Waals surface area contributed by atoms with Crippen molar-refractivity contribution < 1.29 is 13.2 Å². The number of pyridine rings is 2. The summed E-state index contributed by atoms with van der Waals surface area (Å²) in [5.74, 6) is -0.111. The van der Waals surface area contributed by atoms with Crippen molar-refractivity contribution in [2.45, 2.75) is 25.9 Å². The molecule has 0 saturated heterocycles. The highest BCUT2D eigenvalue weighted by molar-refractivity contribution is 7.92. The quantitative estimate of drug-likeness (QED) is 0.593. The Hall–Kier alpha value is -3.26. The maximum Gasteiger partial charge on any atom is 0.254 e. The van der Waals surface area contributed by atoms with E-state index < -0.39 is 10.0 Å². The van der Waals surface area contributed by atoms with Crippen LogP contribution in [0.25, 0.3) is 0 Å². The Morgan fingerprint density at radius 2 is 1.81 bits per heavy atom. The van der Waals surface area contributed by atoms with Gasteiger partial charge in [0, 0.05) is 50.0 Å². The fourth-order valence-electron chi connectivity index (χ4n) is 3.84. The van der Waals surface area contributed by atoms with Gasteiger partial charge in [0.15, 0.2) is 0 Å². The molecule has 1 aromatic carbocycles. The molecule has 7 nitrogen and oxygen atoms in total. The number of sulfonamides is 1. The molecule has 0 N–H and O–H groups in total. The van der Waals surface area contributed by atoms with Crippen LogP contribution in [-0.4, -0.2) is 42.0 Å². The second-order valence-electron chi connectivity index (χ2n) is 7.66. The highest BCUT2D eigenvalue weighted by Gasteiger charge is 2.26. The monoisotopic (exact) mass is 436 g/mol. The van der Waals surface area contributed by atoms with Crippen LogP contribution < -0.4 is 4.31 Å². The maximum absolute atomic E-state index is 13.5. The lowest BCUT2D eigenvalue weighted by molar-refractivity contribution is 0.0729. The van der Waals surface area contributed by atoms with E-state index in [2.05, 4.69) is 9.97 Å². The Bertz CT molecular complexity index is 1130. The summed E-state index contributed by atoms with van der Waals surface area (Å²) in [5, 5.41) is 0. The average Bonchev–Trinajstić information content (AvgIpc) is 2.78. The van der Waals surface area contributed by atoms with Gasteiger partial charge in [0.1, 0.15) is 0 Å². The smallest absolute Gasteiger partial charge is 0.254 e. The molecule has 31 heavy (non-hydrogen) atoms. The van der Waals surface area contributed by atoms with Crippen LogP contribution in [0.1, 0.15) is 33.5 Å². The molecule has 3 heterocycles. The van der Waals surface area contributed by atoms with Crippen LogP contribution in [-0.2, 0) is 29.5 Å². The molecule has 0 saturated carbocycles. The molecule has 0 unspecified atom stereocenters. The van der Waals surface area contributed by atoms with Gasteiger partial charge < -0.3 is 4.90 Å². The summed E-state index contributed by atoms with van der Waals surface area (Å²) < 4.78 is 25.7. The van der Waals surface area contributed by atoms with Gasteiger partial charge in [-0.1, -0.05) is 6.07 Å². The third kappa shape index (κ3) is 4.91. The van der Waals surface area contributed by atoms with Gasteiger partial charge in [-0.3, -0.25) is 19.1 Å². The molecule has 0 fully saturated rings. The van der Waals surface area contributed by atoms with Crippen LogP contribution >= 0.6 is 0 Å². The molecular weight excluding hydrogens is 412 g/mol. The number of hydrogen-bond donors (Lipinski definition) is 0. The molecule has 4 rings (SSSR count). The Balaban J connectivity index is 1.65. The molecule has 8 heteroatoms. The van der Waals surface area contributed by atoms with Crippen molar-refractivity contribution >= 4 is 21.6 Å². The largest absolute Gasteiger partial charge is 0.330 e. The van der Waals surface area contributed by atoms with Crippen molar-refractivity contribution in [3.63, 3.8) is 0 Å². The summed E-state index contributed by atoms with van der Waals surface area (Å²) in [4.78, 5) is 23.4. The highest BCUT2D eigenvalue weighted by atomic mass is 32.2. The zero-order valence-corrected chi connectivity index (χ0v) is 18.1. The van der Waals surface area contributed by atoms with Crippen molar-refractivity contribution in [2.75, 3.05) is 17.1 Å². The molecule has 0 aliphatic carbocycles. The number of carbonyl (C=O) groups excluding carboxylic acids is 1. The minimum Gasteiger partial charge on any atom is -0.330 e. The molecule has 0 bridgehead atoms. The van der Waals surface area contributed by atoms with Crippen molar-refractivity contribution in [1.29, 1.82) is 0 Å². The molecule has 0 spiro atoms. The Morgan fingerprint density at radius 1 is 1.03 bits per heavy atom. The number of fused-ring (bicyclic) bond motifs is 1. The number of anilines is 1. The van der Waals surface area contributed by atoms with E-state index in [0.717, 1.165) is 29.5 Å². The van der Waals surface area contributed by atoms with E-state index in [0.29, 0.717) is 30.9 Å². The molecular formula is C23H24N4O3S. The molecule has 2 aromatic heterocycles. The first-order chi connectivity index (χ1) is 14.9. The summed E-state index contributed by atoms with van der Waals surface area (Å²) in [6, 6.07) is 12.9. The van der Waals surface area contributed by atoms with Gasteiger partial charge in [0.2, 0.25) is 10.0 Å². The van der Waals surface area contributed by atoms with E-state index in [1.807, 2.05) is 30.3 Å². The second kappa shape index (κ2) is 8.85. The van der Waals surface area contributed by atoms with Gasteiger partial charge >= 0.3 is 0 Å². The number of carbonyl (C=O) groups is 1. The first-order valence-corrected chi connectivity index (χ1v) is 11.9. The molecule has 0 atom stereocenters. The molecule has 1 aliphatic heterocycles. The Labute approximate surface area is 182 Å². The van der Waals surface area contributed by atoms with E-state index in [1.165, 1.54) is 10.6 Å². The minimum absolute atomic E-state index is 0.111. The van der Waals surface area contributed by atoms with Crippen molar-refractivity contribution in [3.8, 4) is 0 Å². The van der Waals surface area contributed by atoms with Crippen molar-refractivity contribution in [1.82, 2.24) is 14.9 Å². The number of nitrogens with zero attached hydrogens (tertiary/aromatic N) is 4. The molecule has 0 radical (unpaired) electrons. The first-order valence-electron chi connectivity index (χ1n) is 10.1. The Kier molecular flexibility index (Phi) is 5.99.